The molecule has 4 N–H and O–H groups in total. The fourth-order valence-electron chi connectivity index (χ4n) is 3.33. The minimum absolute atomic E-state index is 0.423. The summed E-state index contributed by atoms with van der Waals surface area (Å²) >= 11 is 0. The molecular weight excluding hydrogens is 385 g/mol. The maximum absolute atomic E-state index is 13.2. The lowest BCUT2D eigenvalue weighted by molar-refractivity contribution is -0.129. The van der Waals surface area contributed by atoms with E-state index >= 15 is 0 Å². The predicted molar refractivity (Wildman–Crippen MR) is 110 cm³/mol. The molecule has 1 heterocycles. The van der Waals surface area contributed by atoms with E-state index in [1.165, 1.54) is 24.3 Å². The number of para-hydroxylation sites is 2. The standard InChI is InChI=1S/C23H20FN3O3/c24-16-12-10-14(11-13-16)19(25)22(28)27-20-21(15-6-2-1-3-7-15)30-18-9-5-4-8-17(18)26-23(20)29/h1-13,19-21H,25H2,(H,26,29)(H,27,28)/t19-,20-,21-/m0/s1. The number of fused-ring (bicyclic) bond motifs is 1. The van der Waals surface area contributed by atoms with E-state index < -0.39 is 35.8 Å². The largest absolute Gasteiger partial charge is 0.481 e. The van der Waals surface area contributed by atoms with Gasteiger partial charge >= 0.3 is 0 Å². The zero-order valence-corrected chi connectivity index (χ0v) is 15.9. The number of hydrogen-bond donors (Lipinski definition) is 3. The number of anilines is 1. The summed E-state index contributed by atoms with van der Waals surface area (Å²) in [7, 11) is 0. The molecule has 0 radical (unpaired) electrons. The minimum atomic E-state index is -1.07. The maximum Gasteiger partial charge on any atom is 0.251 e. The smallest absolute Gasteiger partial charge is 0.251 e. The topological polar surface area (TPSA) is 93.5 Å². The Bertz CT molecular complexity index is 1060. The summed E-state index contributed by atoms with van der Waals surface area (Å²) in [4.78, 5) is 25.8. The molecule has 2 amide bonds. The van der Waals surface area contributed by atoms with Crippen LogP contribution in [0.2, 0.25) is 0 Å². The molecule has 0 spiro atoms. The van der Waals surface area contributed by atoms with Gasteiger partial charge in [0.25, 0.3) is 5.91 Å². The van der Waals surface area contributed by atoms with E-state index in [2.05, 4.69) is 10.6 Å². The average Bonchev–Trinajstić information content (AvgIpc) is 2.91. The van der Waals surface area contributed by atoms with Gasteiger partial charge in [-0.3, -0.25) is 9.59 Å². The van der Waals surface area contributed by atoms with Crippen LogP contribution in [0, 0.1) is 5.82 Å². The first-order chi connectivity index (χ1) is 14.5. The second-order valence-corrected chi connectivity index (χ2v) is 6.95. The maximum atomic E-state index is 13.2. The van der Waals surface area contributed by atoms with Crippen molar-refractivity contribution in [2.24, 2.45) is 5.73 Å². The van der Waals surface area contributed by atoms with Gasteiger partial charge < -0.3 is 21.1 Å². The van der Waals surface area contributed by atoms with Gasteiger partial charge in [0, 0.05) is 0 Å². The fraction of sp³-hybridized carbons (Fsp3) is 0.130. The third kappa shape index (κ3) is 4.01. The van der Waals surface area contributed by atoms with Gasteiger partial charge in [-0.2, -0.15) is 0 Å². The van der Waals surface area contributed by atoms with Crippen LogP contribution in [0.3, 0.4) is 0 Å². The zero-order valence-electron chi connectivity index (χ0n) is 15.9. The number of carbonyl (C=O) groups is 2. The first-order valence-electron chi connectivity index (χ1n) is 9.46. The van der Waals surface area contributed by atoms with Crippen LogP contribution in [-0.2, 0) is 9.59 Å². The Balaban J connectivity index is 1.64. The van der Waals surface area contributed by atoms with Crippen molar-refractivity contribution in [1.29, 1.82) is 0 Å². The highest BCUT2D eigenvalue weighted by atomic mass is 19.1. The molecule has 1 aliphatic heterocycles. The van der Waals surface area contributed by atoms with E-state index in [1.54, 1.807) is 24.3 Å². The highest BCUT2D eigenvalue weighted by Crippen LogP contribution is 2.34. The molecule has 4 rings (SSSR count). The first kappa shape index (κ1) is 19.6. The highest BCUT2D eigenvalue weighted by Gasteiger charge is 2.37. The quantitative estimate of drug-likeness (QED) is 0.622. The van der Waals surface area contributed by atoms with Crippen LogP contribution in [0.5, 0.6) is 5.75 Å². The van der Waals surface area contributed by atoms with Gasteiger partial charge in [0.1, 0.15) is 23.7 Å². The summed E-state index contributed by atoms with van der Waals surface area (Å²) in [5, 5.41) is 5.50. The molecule has 3 aromatic carbocycles. The summed E-state index contributed by atoms with van der Waals surface area (Å²) in [5.74, 6) is -0.921. The number of carbonyl (C=O) groups excluding carboxylic acids is 2. The van der Waals surface area contributed by atoms with E-state index in [1.807, 2.05) is 30.3 Å². The number of halogens is 1. The Hall–Kier alpha value is -3.71. The van der Waals surface area contributed by atoms with Crippen molar-refractivity contribution in [1.82, 2.24) is 5.32 Å². The molecule has 3 aromatic rings. The Labute approximate surface area is 172 Å². The lowest BCUT2D eigenvalue weighted by Gasteiger charge is -2.26. The molecule has 0 bridgehead atoms. The number of benzene rings is 3. The minimum Gasteiger partial charge on any atom is -0.481 e. The van der Waals surface area contributed by atoms with Crippen LogP contribution in [0.15, 0.2) is 78.9 Å². The van der Waals surface area contributed by atoms with Gasteiger partial charge in [0.15, 0.2) is 6.10 Å². The second kappa shape index (κ2) is 8.34. The van der Waals surface area contributed by atoms with Gasteiger partial charge in [0.05, 0.1) is 5.69 Å². The molecule has 152 valence electrons. The summed E-state index contributed by atoms with van der Waals surface area (Å²) in [6.07, 6.45) is -0.765. The summed E-state index contributed by atoms with van der Waals surface area (Å²) < 4.78 is 19.3. The van der Waals surface area contributed by atoms with Crippen molar-refractivity contribution in [2.45, 2.75) is 18.2 Å². The van der Waals surface area contributed by atoms with Crippen molar-refractivity contribution in [3.63, 3.8) is 0 Å². The van der Waals surface area contributed by atoms with Crippen molar-refractivity contribution in [3.05, 3.63) is 95.8 Å². The molecule has 6 nitrogen and oxygen atoms in total. The van der Waals surface area contributed by atoms with Crippen LogP contribution in [0.1, 0.15) is 23.3 Å². The number of nitrogens with one attached hydrogen (secondary N) is 2. The van der Waals surface area contributed by atoms with Gasteiger partial charge in [-0.15, -0.1) is 0 Å². The van der Waals surface area contributed by atoms with Crippen LogP contribution in [0.4, 0.5) is 10.1 Å². The highest BCUT2D eigenvalue weighted by molar-refractivity contribution is 6.00. The third-order valence-corrected chi connectivity index (χ3v) is 4.92. The summed E-state index contributed by atoms with van der Waals surface area (Å²) in [6.45, 7) is 0. The van der Waals surface area contributed by atoms with Crippen LogP contribution in [0.25, 0.3) is 0 Å². The second-order valence-electron chi connectivity index (χ2n) is 6.95. The van der Waals surface area contributed by atoms with Gasteiger partial charge in [-0.05, 0) is 35.4 Å². The molecular formula is C23H20FN3O3. The number of rotatable bonds is 4. The molecule has 0 aromatic heterocycles. The van der Waals surface area contributed by atoms with E-state index in [9.17, 15) is 14.0 Å². The number of hydrogen-bond acceptors (Lipinski definition) is 4. The molecule has 1 aliphatic rings. The summed E-state index contributed by atoms with van der Waals surface area (Å²) in [5.41, 5.74) is 7.73. The molecule has 7 heteroatoms. The molecule has 0 fully saturated rings. The number of nitrogens with two attached hydrogens (primary N) is 1. The van der Waals surface area contributed by atoms with Gasteiger partial charge in [0.2, 0.25) is 5.91 Å². The van der Waals surface area contributed by atoms with Crippen molar-refractivity contribution < 1.29 is 18.7 Å². The Morgan fingerprint density at radius 2 is 1.67 bits per heavy atom. The lowest BCUT2D eigenvalue weighted by atomic mass is 10.00. The lowest BCUT2D eigenvalue weighted by Crippen LogP contribution is -2.50. The number of amides is 2. The van der Waals surface area contributed by atoms with E-state index in [4.69, 9.17) is 10.5 Å². The summed E-state index contributed by atoms with van der Waals surface area (Å²) in [6, 6.07) is 19.5. The Morgan fingerprint density at radius 1 is 1.00 bits per heavy atom. The van der Waals surface area contributed by atoms with Crippen molar-refractivity contribution >= 4 is 17.5 Å². The Kier molecular flexibility index (Phi) is 5.45. The zero-order chi connectivity index (χ0) is 21.1. The molecule has 3 atom stereocenters. The molecule has 0 unspecified atom stereocenters. The third-order valence-electron chi connectivity index (χ3n) is 4.92. The molecule has 0 saturated carbocycles. The monoisotopic (exact) mass is 405 g/mol. The Morgan fingerprint density at radius 3 is 2.40 bits per heavy atom. The SMILES string of the molecule is N[C@H](C(=O)N[C@@H]1C(=O)Nc2ccccc2O[C@H]1c1ccccc1)c1ccc(F)cc1. The number of ether oxygens (including phenoxy) is 1. The van der Waals surface area contributed by atoms with E-state index in [-0.39, 0.29) is 0 Å². The predicted octanol–water partition coefficient (Wildman–Crippen LogP) is 3.08. The van der Waals surface area contributed by atoms with E-state index in [0.717, 1.165) is 5.56 Å². The molecule has 0 saturated heterocycles. The van der Waals surface area contributed by atoms with Crippen LogP contribution in [-0.4, -0.2) is 17.9 Å². The van der Waals surface area contributed by atoms with Crippen molar-refractivity contribution in [2.75, 3.05) is 5.32 Å². The van der Waals surface area contributed by atoms with Crippen LogP contribution < -0.4 is 21.1 Å². The van der Waals surface area contributed by atoms with Crippen LogP contribution >= 0.6 is 0 Å². The average molecular weight is 405 g/mol. The fourth-order valence-corrected chi connectivity index (χ4v) is 3.33. The van der Waals surface area contributed by atoms with E-state index in [0.29, 0.717) is 17.0 Å². The van der Waals surface area contributed by atoms with Gasteiger partial charge in [-0.1, -0.05) is 54.6 Å². The van der Waals surface area contributed by atoms with Crippen molar-refractivity contribution in [3.8, 4) is 5.75 Å². The normalized spacial score (nSPS) is 18.9. The molecule has 0 aliphatic carbocycles. The van der Waals surface area contributed by atoms with Gasteiger partial charge in [-0.25, -0.2) is 4.39 Å². The first-order valence-corrected chi connectivity index (χ1v) is 9.46. The molecule has 30 heavy (non-hydrogen) atoms.